The zero-order chi connectivity index (χ0) is 19.9. The second-order valence-electron chi connectivity index (χ2n) is 5.74. The molecule has 0 aliphatic heterocycles. The minimum Gasteiger partial charge on any atom is -0.507 e. The fourth-order valence-electron chi connectivity index (χ4n) is 2.51. The van der Waals surface area contributed by atoms with E-state index in [1.165, 1.54) is 12.1 Å². The van der Waals surface area contributed by atoms with Gasteiger partial charge >= 0.3 is 0 Å². The Kier molecular flexibility index (Phi) is 6.03. The normalized spacial score (nSPS) is 10.1. The summed E-state index contributed by atoms with van der Waals surface area (Å²) in [6.07, 6.45) is 0. The van der Waals surface area contributed by atoms with Crippen LogP contribution in [0.25, 0.3) is 10.8 Å². The number of phenolic OH excluding ortho intramolecular Hbond substituents is 1. The van der Waals surface area contributed by atoms with Crippen LogP contribution in [0, 0.1) is 0 Å². The van der Waals surface area contributed by atoms with Gasteiger partial charge in [-0.25, -0.2) is 0 Å². The molecular weight excluding hydrogens is 378 g/mol. The molecule has 0 bridgehead atoms. The number of nitrogens with one attached hydrogen (secondary N) is 3. The lowest BCUT2D eigenvalue weighted by Gasteiger charge is -2.12. The molecule has 28 heavy (non-hydrogen) atoms. The van der Waals surface area contributed by atoms with Crippen LogP contribution in [0.15, 0.2) is 66.7 Å². The molecule has 2 amide bonds. The number of phenols is 1. The minimum atomic E-state index is -0.596. The Morgan fingerprint density at radius 3 is 2.46 bits per heavy atom. The third kappa shape index (κ3) is 4.74. The molecule has 0 heterocycles. The summed E-state index contributed by atoms with van der Waals surface area (Å²) in [6.45, 7) is -0.247. The summed E-state index contributed by atoms with van der Waals surface area (Å²) in [5, 5.41) is 13.8. The third-order valence-electron chi connectivity index (χ3n) is 3.80. The summed E-state index contributed by atoms with van der Waals surface area (Å²) in [5.41, 5.74) is 4.77. The lowest BCUT2D eigenvalue weighted by atomic mass is 10.1. The predicted octanol–water partition coefficient (Wildman–Crippen LogP) is 2.26. The monoisotopic (exact) mass is 395 g/mol. The lowest BCUT2D eigenvalue weighted by Crippen LogP contribution is -2.49. The number of hydrazine groups is 1. The summed E-state index contributed by atoms with van der Waals surface area (Å²) >= 11 is 4.96. The van der Waals surface area contributed by atoms with Crippen LogP contribution in [-0.2, 0) is 4.79 Å². The van der Waals surface area contributed by atoms with Crippen molar-refractivity contribution in [2.24, 2.45) is 0 Å². The largest absolute Gasteiger partial charge is 0.507 e. The van der Waals surface area contributed by atoms with Gasteiger partial charge in [0.05, 0.1) is 5.56 Å². The summed E-state index contributed by atoms with van der Waals surface area (Å²) in [7, 11) is 0. The van der Waals surface area contributed by atoms with Crippen LogP contribution in [0.5, 0.6) is 11.5 Å². The van der Waals surface area contributed by atoms with E-state index >= 15 is 0 Å². The predicted molar refractivity (Wildman–Crippen MR) is 109 cm³/mol. The first kappa shape index (κ1) is 19.1. The van der Waals surface area contributed by atoms with Crippen LogP contribution in [0.4, 0.5) is 0 Å². The number of hydrogen-bond acceptors (Lipinski definition) is 5. The van der Waals surface area contributed by atoms with E-state index in [9.17, 15) is 14.7 Å². The summed E-state index contributed by atoms with van der Waals surface area (Å²) in [4.78, 5) is 24.0. The molecule has 142 valence electrons. The fourth-order valence-corrected chi connectivity index (χ4v) is 2.67. The van der Waals surface area contributed by atoms with E-state index < -0.39 is 11.8 Å². The van der Waals surface area contributed by atoms with E-state index in [-0.39, 0.29) is 23.0 Å². The number of amides is 2. The number of carbonyl (C=O) groups is 2. The Balaban J connectivity index is 1.49. The van der Waals surface area contributed by atoms with Gasteiger partial charge in [0.2, 0.25) is 0 Å². The molecule has 3 aromatic carbocycles. The number of ether oxygens (including phenoxy) is 1. The SMILES string of the molecule is O=C(COc1cccc2ccccc12)NC(=S)NNC(=O)c1ccccc1O. The van der Waals surface area contributed by atoms with E-state index in [4.69, 9.17) is 17.0 Å². The molecule has 0 aromatic heterocycles. The number of aromatic hydroxyl groups is 1. The molecule has 3 aromatic rings. The smallest absolute Gasteiger partial charge is 0.273 e. The Morgan fingerprint density at radius 2 is 1.64 bits per heavy atom. The third-order valence-corrected chi connectivity index (χ3v) is 4.00. The van der Waals surface area contributed by atoms with Crippen molar-refractivity contribution in [3.63, 3.8) is 0 Å². The molecule has 0 atom stereocenters. The van der Waals surface area contributed by atoms with Crippen molar-refractivity contribution >= 4 is 39.9 Å². The second kappa shape index (κ2) is 8.83. The minimum absolute atomic E-state index is 0.0726. The molecular formula is C20H17N3O4S. The molecule has 0 spiro atoms. The zero-order valence-corrected chi connectivity index (χ0v) is 15.5. The van der Waals surface area contributed by atoms with Gasteiger partial charge in [-0.3, -0.25) is 25.8 Å². The van der Waals surface area contributed by atoms with Crippen LogP contribution in [0.2, 0.25) is 0 Å². The van der Waals surface area contributed by atoms with Crippen LogP contribution in [0.1, 0.15) is 10.4 Å². The Hall–Kier alpha value is -3.65. The van der Waals surface area contributed by atoms with Gasteiger partial charge in [-0.15, -0.1) is 0 Å². The van der Waals surface area contributed by atoms with Crippen molar-refractivity contribution in [2.45, 2.75) is 0 Å². The van der Waals surface area contributed by atoms with Crippen LogP contribution >= 0.6 is 12.2 Å². The Labute approximate surface area is 166 Å². The highest BCUT2D eigenvalue weighted by Crippen LogP contribution is 2.24. The maximum atomic E-state index is 12.0. The van der Waals surface area contributed by atoms with E-state index in [1.54, 1.807) is 18.2 Å². The average molecular weight is 395 g/mol. The van der Waals surface area contributed by atoms with E-state index in [2.05, 4.69) is 16.2 Å². The second-order valence-corrected chi connectivity index (χ2v) is 6.15. The van der Waals surface area contributed by atoms with Gasteiger partial charge in [0.15, 0.2) is 11.7 Å². The maximum Gasteiger partial charge on any atom is 0.273 e. The Bertz CT molecular complexity index is 1030. The van der Waals surface area contributed by atoms with Crippen LogP contribution in [0.3, 0.4) is 0 Å². The van der Waals surface area contributed by atoms with Crippen molar-refractivity contribution in [2.75, 3.05) is 6.61 Å². The fraction of sp³-hybridized carbons (Fsp3) is 0.0500. The van der Waals surface area contributed by atoms with Gasteiger partial charge in [-0.1, -0.05) is 48.5 Å². The molecule has 0 unspecified atom stereocenters. The van der Waals surface area contributed by atoms with Crippen molar-refractivity contribution in [3.8, 4) is 11.5 Å². The van der Waals surface area contributed by atoms with E-state index in [0.29, 0.717) is 5.75 Å². The molecule has 3 rings (SSSR count). The summed E-state index contributed by atoms with van der Waals surface area (Å²) in [5.74, 6) is -0.663. The molecule has 0 saturated carbocycles. The molecule has 4 N–H and O–H groups in total. The molecule has 8 heteroatoms. The molecule has 0 fully saturated rings. The number of hydrogen-bond donors (Lipinski definition) is 4. The average Bonchev–Trinajstić information content (AvgIpc) is 2.70. The van der Waals surface area contributed by atoms with Crippen LogP contribution < -0.4 is 20.9 Å². The van der Waals surface area contributed by atoms with E-state index in [1.807, 2.05) is 36.4 Å². The summed E-state index contributed by atoms with van der Waals surface area (Å²) in [6, 6.07) is 19.3. The van der Waals surface area contributed by atoms with Gasteiger partial charge in [0.1, 0.15) is 11.5 Å². The van der Waals surface area contributed by atoms with Gasteiger partial charge in [0.25, 0.3) is 11.8 Å². The molecule has 0 saturated heterocycles. The number of carbonyl (C=O) groups excluding carboxylic acids is 2. The van der Waals surface area contributed by atoms with Gasteiger partial charge in [-0.05, 0) is 35.8 Å². The number of rotatable bonds is 4. The number of fused-ring (bicyclic) bond motifs is 1. The highest BCUT2D eigenvalue weighted by Gasteiger charge is 2.11. The molecule has 0 radical (unpaired) electrons. The highest BCUT2D eigenvalue weighted by molar-refractivity contribution is 7.80. The molecule has 0 aliphatic carbocycles. The number of para-hydroxylation sites is 1. The first-order valence-corrected chi connectivity index (χ1v) is 8.74. The number of benzene rings is 3. The van der Waals surface area contributed by atoms with Gasteiger partial charge < -0.3 is 9.84 Å². The van der Waals surface area contributed by atoms with E-state index in [0.717, 1.165) is 10.8 Å². The molecule has 0 aliphatic rings. The first-order chi connectivity index (χ1) is 13.5. The Morgan fingerprint density at radius 1 is 0.929 bits per heavy atom. The standard InChI is InChI=1S/C20H17N3O4S/c24-16-10-4-3-9-15(16)19(26)22-23-20(28)21-18(25)12-27-17-11-5-7-13-6-1-2-8-14(13)17/h1-11,24H,12H2,(H,22,26)(H2,21,23,25,28). The maximum absolute atomic E-state index is 12.0. The van der Waals surface area contributed by atoms with Crippen molar-refractivity contribution < 1.29 is 19.4 Å². The van der Waals surface area contributed by atoms with Crippen molar-refractivity contribution in [3.05, 3.63) is 72.3 Å². The van der Waals surface area contributed by atoms with Crippen LogP contribution in [-0.4, -0.2) is 28.6 Å². The zero-order valence-electron chi connectivity index (χ0n) is 14.6. The first-order valence-electron chi connectivity index (χ1n) is 8.33. The highest BCUT2D eigenvalue weighted by atomic mass is 32.1. The molecule has 7 nitrogen and oxygen atoms in total. The lowest BCUT2D eigenvalue weighted by molar-refractivity contribution is -0.121. The number of thiocarbonyl (C=S) groups is 1. The topological polar surface area (TPSA) is 99.7 Å². The summed E-state index contributed by atoms with van der Waals surface area (Å²) < 4.78 is 5.57. The van der Waals surface area contributed by atoms with Gasteiger partial charge in [-0.2, -0.15) is 0 Å². The van der Waals surface area contributed by atoms with Crippen molar-refractivity contribution in [1.29, 1.82) is 0 Å². The van der Waals surface area contributed by atoms with Gasteiger partial charge in [0, 0.05) is 5.39 Å². The quantitative estimate of drug-likeness (QED) is 0.400. The van der Waals surface area contributed by atoms with Crippen molar-refractivity contribution in [1.82, 2.24) is 16.2 Å².